The Morgan fingerprint density at radius 1 is 1.22 bits per heavy atom. The number of ketones is 1. The third-order valence-corrected chi connectivity index (χ3v) is 3.86. The molecule has 0 unspecified atom stereocenters. The van der Waals surface area contributed by atoms with Gasteiger partial charge in [-0.1, -0.05) is 0 Å². The minimum Gasteiger partial charge on any atom is -0.354 e. The summed E-state index contributed by atoms with van der Waals surface area (Å²) in [6.45, 7) is 5.94. The topological polar surface area (TPSA) is 36.4 Å². The molecule has 1 aliphatic heterocycles. The van der Waals surface area contributed by atoms with Crippen molar-refractivity contribution in [3.63, 3.8) is 0 Å². The zero-order chi connectivity index (χ0) is 12.5. The van der Waals surface area contributed by atoms with Crippen LogP contribution in [0.25, 0.3) is 0 Å². The number of piperazine rings is 1. The molecule has 0 aromatic carbocycles. The number of hydrogen-bond donors (Lipinski definition) is 0. The number of pyridine rings is 1. The molecule has 0 atom stereocenters. The summed E-state index contributed by atoms with van der Waals surface area (Å²) in [4.78, 5) is 20.5. The summed E-state index contributed by atoms with van der Waals surface area (Å²) >= 11 is 0. The fourth-order valence-electron chi connectivity index (χ4n) is 2.54. The van der Waals surface area contributed by atoms with Crippen LogP contribution in [0.3, 0.4) is 0 Å². The zero-order valence-corrected chi connectivity index (χ0v) is 10.8. The molecule has 4 heteroatoms. The molecule has 1 saturated heterocycles. The van der Waals surface area contributed by atoms with Gasteiger partial charge in [0.25, 0.3) is 0 Å². The van der Waals surface area contributed by atoms with Gasteiger partial charge in [-0.3, -0.25) is 9.69 Å². The average Bonchev–Trinajstić information content (AvgIpc) is 3.23. The second-order valence-electron chi connectivity index (χ2n) is 5.22. The summed E-state index contributed by atoms with van der Waals surface area (Å²) in [5.41, 5.74) is 0.690. The lowest BCUT2D eigenvalue weighted by atomic mass is 10.2. The second kappa shape index (κ2) is 4.69. The van der Waals surface area contributed by atoms with Gasteiger partial charge in [-0.05, 0) is 31.9 Å². The molecule has 0 spiro atoms. The molecular formula is C14H19N3O. The molecule has 2 aliphatic rings. The van der Waals surface area contributed by atoms with Crippen LogP contribution in [-0.4, -0.2) is 47.9 Å². The van der Waals surface area contributed by atoms with Crippen molar-refractivity contribution in [2.75, 3.05) is 31.1 Å². The second-order valence-corrected chi connectivity index (χ2v) is 5.22. The lowest BCUT2D eigenvalue weighted by molar-refractivity contribution is 0.101. The van der Waals surface area contributed by atoms with E-state index in [0.717, 1.165) is 38.0 Å². The number of carbonyl (C=O) groups is 1. The molecule has 96 valence electrons. The predicted molar refractivity (Wildman–Crippen MR) is 71.0 cm³/mol. The van der Waals surface area contributed by atoms with Crippen LogP contribution in [0, 0.1) is 0 Å². The van der Waals surface area contributed by atoms with Crippen molar-refractivity contribution in [2.45, 2.75) is 25.8 Å². The first-order valence-corrected chi connectivity index (χ1v) is 6.70. The number of Topliss-reactive ketones (excluding diaryl/α,β-unsaturated/α-hetero) is 1. The van der Waals surface area contributed by atoms with Gasteiger partial charge in [0, 0.05) is 44.0 Å². The Morgan fingerprint density at radius 3 is 2.44 bits per heavy atom. The largest absolute Gasteiger partial charge is 0.354 e. The van der Waals surface area contributed by atoms with Crippen molar-refractivity contribution in [2.24, 2.45) is 0 Å². The van der Waals surface area contributed by atoms with Gasteiger partial charge in [-0.2, -0.15) is 0 Å². The number of aromatic nitrogens is 1. The van der Waals surface area contributed by atoms with E-state index in [4.69, 9.17) is 0 Å². The van der Waals surface area contributed by atoms with Crippen LogP contribution >= 0.6 is 0 Å². The van der Waals surface area contributed by atoms with Crippen LogP contribution in [-0.2, 0) is 0 Å². The molecule has 1 aliphatic carbocycles. The molecule has 1 aromatic heterocycles. The van der Waals surface area contributed by atoms with Gasteiger partial charge in [-0.25, -0.2) is 4.98 Å². The highest BCUT2D eigenvalue weighted by Gasteiger charge is 2.31. The van der Waals surface area contributed by atoms with Gasteiger partial charge >= 0.3 is 0 Å². The van der Waals surface area contributed by atoms with Gasteiger partial charge in [0.2, 0.25) is 0 Å². The molecular weight excluding hydrogens is 226 g/mol. The molecule has 2 heterocycles. The summed E-state index contributed by atoms with van der Waals surface area (Å²) in [7, 11) is 0. The highest BCUT2D eigenvalue weighted by atomic mass is 16.1. The standard InChI is InChI=1S/C14H19N3O/c1-11(18)12-2-5-14(15-10-12)17-8-6-16(7-9-17)13-3-4-13/h2,5,10,13H,3-4,6-9H2,1H3. The number of hydrogen-bond acceptors (Lipinski definition) is 4. The molecule has 4 nitrogen and oxygen atoms in total. The first-order chi connectivity index (χ1) is 8.74. The van der Waals surface area contributed by atoms with Crippen LogP contribution in [0.2, 0.25) is 0 Å². The van der Waals surface area contributed by atoms with E-state index in [9.17, 15) is 4.79 Å². The number of carbonyl (C=O) groups excluding carboxylic acids is 1. The quantitative estimate of drug-likeness (QED) is 0.757. The minimum absolute atomic E-state index is 0.0765. The lowest BCUT2D eigenvalue weighted by Crippen LogP contribution is -2.47. The maximum atomic E-state index is 11.2. The summed E-state index contributed by atoms with van der Waals surface area (Å²) in [6.07, 6.45) is 4.45. The molecule has 0 N–H and O–H groups in total. The first-order valence-electron chi connectivity index (χ1n) is 6.70. The normalized spacial score (nSPS) is 21.1. The van der Waals surface area contributed by atoms with Crippen LogP contribution in [0.15, 0.2) is 18.3 Å². The van der Waals surface area contributed by atoms with E-state index in [1.54, 1.807) is 13.1 Å². The van der Waals surface area contributed by atoms with Gasteiger partial charge in [0.1, 0.15) is 5.82 Å². The van der Waals surface area contributed by atoms with Crippen LogP contribution in [0.4, 0.5) is 5.82 Å². The third kappa shape index (κ3) is 2.38. The fourth-order valence-corrected chi connectivity index (χ4v) is 2.54. The van der Waals surface area contributed by atoms with Crippen molar-refractivity contribution in [1.82, 2.24) is 9.88 Å². The van der Waals surface area contributed by atoms with Crippen molar-refractivity contribution < 1.29 is 4.79 Å². The Hall–Kier alpha value is -1.42. The maximum Gasteiger partial charge on any atom is 0.161 e. The minimum atomic E-state index is 0.0765. The molecule has 2 fully saturated rings. The van der Waals surface area contributed by atoms with Gasteiger partial charge in [0.15, 0.2) is 5.78 Å². The van der Waals surface area contributed by atoms with Crippen molar-refractivity contribution in [1.29, 1.82) is 0 Å². The van der Waals surface area contributed by atoms with Crippen LogP contribution in [0.5, 0.6) is 0 Å². The Labute approximate surface area is 108 Å². The first kappa shape index (κ1) is 11.7. The van der Waals surface area contributed by atoms with Crippen LogP contribution in [0.1, 0.15) is 30.1 Å². The maximum absolute atomic E-state index is 11.2. The molecule has 0 radical (unpaired) electrons. The summed E-state index contributed by atoms with van der Waals surface area (Å²) in [6, 6.07) is 4.70. The molecule has 3 rings (SSSR count). The Bertz CT molecular complexity index is 431. The summed E-state index contributed by atoms with van der Waals surface area (Å²) < 4.78 is 0. The third-order valence-electron chi connectivity index (χ3n) is 3.86. The van der Waals surface area contributed by atoms with Gasteiger partial charge in [-0.15, -0.1) is 0 Å². The van der Waals surface area contributed by atoms with E-state index in [-0.39, 0.29) is 5.78 Å². The Morgan fingerprint density at radius 2 is 1.94 bits per heavy atom. The SMILES string of the molecule is CC(=O)c1ccc(N2CCN(C3CC3)CC2)nc1. The van der Waals surface area contributed by atoms with Crippen molar-refractivity contribution in [3.05, 3.63) is 23.9 Å². The number of nitrogens with zero attached hydrogens (tertiary/aromatic N) is 3. The molecule has 1 aromatic rings. The van der Waals surface area contributed by atoms with Crippen molar-refractivity contribution >= 4 is 11.6 Å². The van der Waals surface area contributed by atoms with E-state index in [1.165, 1.54) is 12.8 Å². The van der Waals surface area contributed by atoms with Gasteiger partial charge in [0.05, 0.1) is 0 Å². The highest BCUT2D eigenvalue weighted by molar-refractivity contribution is 5.93. The molecule has 0 amide bonds. The molecule has 1 saturated carbocycles. The monoisotopic (exact) mass is 245 g/mol. The number of rotatable bonds is 3. The Balaban J connectivity index is 1.62. The predicted octanol–water partition coefficient (Wildman–Crippen LogP) is 1.57. The van der Waals surface area contributed by atoms with Crippen LogP contribution < -0.4 is 4.90 Å². The molecule has 0 bridgehead atoms. The van der Waals surface area contributed by atoms with E-state index in [1.807, 2.05) is 12.1 Å². The summed E-state index contributed by atoms with van der Waals surface area (Å²) in [5.74, 6) is 1.07. The number of anilines is 1. The molecule has 18 heavy (non-hydrogen) atoms. The lowest BCUT2D eigenvalue weighted by Gasteiger charge is -2.35. The summed E-state index contributed by atoms with van der Waals surface area (Å²) in [5, 5.41) is 0. The van der Waals surface area contributed by atoms with Gasteiger partial charge < -0.3 is 4.90 Å². The average molecular weight is 245 g/mol. The van der Waals surface area contributed by atoms with E-state index >= 15 is 0 Å². The highest BCUT2D eigenvalue weighted by Crippen LogP contribution is 2.28. The van der Waals surface area contributed by atoms with E-state index in [0.29, 0.717) is 5.56 Å². The fraction of sp³-hybridized carbons (Fsp3) is 0.571. The Kier molecular flexibility index (Phi) is 3.04. The van der Waals surface area contributed by atoms with E-state index < -0.39 is 0 Å². The zero-order valence-electron chi connectivity index (χ0n) is 10.8. The smallest absolute Gasteiger partial charge is 0.161 e. The van der Waals surface area contributed by atoms with Crippen molar-refractivity contribution in [3.8, 4) is 0 Å². The van der Waals surface area contributed by atoms with E-state index in [2.05, 4.69) is 14.8 Å².